The number of carbonyl (C=O) groups excluding carboxylic acids is 1. The summed E-state index contributed by atoms with van der Waals surface area (Å²) in [6.07, 6.45) is 0. The highest BCUT2D eigenvalue weighted by Crippen LogP contribution is 2.15. The van der Waals surface area contributed by atoms with Gasteiger partial charge < -0.3 is 11.1 Å². The Labute approximate surface area is 121 Å². The Kier molecular flexibility index (Phi) is 4.71. The Hall–Kier alpha value is -1.91. The molecule has 0 aliphatic heterocycles. The monoisotopic (exact) mass is 292 g/mol. The second-order valence-corrected chi connectivity index (χ2v) is 4.79. The summed E-state index contributed by atoms with van der Waals surface area (Å²) in [6, 6.07) is 12.9. The molecular weight excluding hydrogens is 279 g/mol. The zero-order valence-electron chi connectivity index (χ0n) is 10.6. The van der Waals surface area contributed by atoms with Gasteiger partial charge in [-0.05, 0) is 23.8 Å². The van der Waals surface area contributed by atoms with Crippen molar-refractivity contribution in [1.82, 2.24) is 5.32 Å². The normalized spacial score (nSPS) is 11.9. The van der Waals surface area contributed by atoms with Gasteiger partial charge >= 0.3 is 0 Å². The van der Waals surface area contributed by atoms with Crippen molar-refractivity contribution in [3.8, 4) is 0 Å². The molecular formula is C15H14ClFN2O. The van der Waals surface area contributed by atoms with Crippen LogP contribution in [0.15, 0.2) is 48.5 Å². The van der Waals surface area contributed by atoms with Crippen molar-refractivity contribution in [3.05, 3.63) is 70.5 Å². The van der Waals surface area contributed by atoms with Crippen molar-refractivity contribution < 1.29 is 9.18 Å². The molecule has 0 aliphatic carbocycles. The molecule has 3 N–H and O–H groups in total. The van der Waals surface area contributed by atoms with Gasteiger partial charge in [0.15, 0.2) is 0 Å². The summed E-state index contributed by atoms with van der Waals surface area (Å²) < 4.78 is 13.5. The summed E-state index contributed by atoms with van der Waals surface area (Å²) in [5.41, 5.74) is 6.77. The van der Waals surface area contributed by atoms with Gasteiger partial charge in [-0.2, -0.15) is 0 Å². The minimum absolute atomic E-state index is 0.0854. The van der Waals surface area contributed by atoms with E-state index in [1.54, 1.807) is 0 Å². The van der Waals surface area contributed by atoms with Gasteiger partial charge in [-0.3, -0.25) is 4.79 Å². The molecule has 2 rings (SSSR count). The second-order valence-electron chi connectivity index (χ2n) is 4.35. The van der Waals surface area contributed by atoms with E-state index in [0.29, 0.717) is 5.02 Å². The molecule has 1 atom stereocenters. The molecule has 20 heavy (non-hydrogen) atoms. The SMILES string of the molecule is NC(CNC(=O)c1cc(Cl)ccc1F)c1ccccc1. The number of carbonyl (C=O) groups is 1. The van der Waals surface area contributed by atoms with Crippen molar-refractivity contribution in [2.24, 2.45) is 5.73 Å². The van der Waals surface area contributed by atoms with Crippen LogP contribution in [-0.4, -0.2) is 12.5 Å². The molecule has 104 valence electrons. The maximum absolute atomic E-state index is 13.5. The first kappa shape index (κ1) is 14.5. The fraction of sp³-hybridized carbons (Fsp3) is 0.133. The highest BCUT2D eigenvalue weighted by Gasteiger charge is 2.13. The minimum Gasteiger partial charge on any atom is -0.350 e. The molecule has 5 heteroatoms. The van der Waals surface area contributed by atoms with E-state index in [-0.39, 0.29) is 18.2 Å². The molecule has 0 bridgehead atoms. The fourth-order valence-corrected chi connectivity index (χ4v) is 1.96. The van der Waals surface area contributed by atoms with E-state index in [1.165, 1.54) is 12.1 Å². The highest BCUT2D eigenvalue weighted by atomic mass is 35.5. The summed E-state index contributed by atoms with van der Waals surface area (Å²) in [5, 5.41) is 2.91. The average Bonchev–Trinajstić information content (AvgIpc) is 2.47. The van der Waals surface area contributed by atoms with Gasteiger partial charge in [-0.25, -0.2) is 4.39 Å². The van der Waals surface area contributed by atoms with Gasteiger partial charge in [0.25, 0.3) is 5.91 Å². The van der Waals surface area contributed by atoms with E-state index < -0.39 is 11.7 Å². The lowest BCUT2D eigenvalue weighted by molar-refractivity contribution is 0.0947. The van der Waals surface area contributed by atoms with Crippen LogP contribution in [0.5, 0.6) is 0 Å². The van der Waals surface area contributed by atoms with Crippen LogP contribution in [0.3, 0.4) is 0 Å². The number of hydrogen-bond acceptors (Lipinski definition) is 2. The Morgan fingerprint density at radius 2 is 1.95 bits per heavy atom. The van der Waals surface area contributed by atoms with Gasteiger partial charge in [0, 0.05) is 17.6 Å². The lowest BCUT2D eigenvalue weighted by Crippen LogP contribution is -2.32. The summed E-state index contributed by atoms with van der Waals surface area (Å²) in [5.74, 6) is -1.14. The molecule has 0 spiro atoms. The van der Waals surface area contributed by atoms with Crippen molar-refractivity contribution in [2.45, 2.75) is 6.04 Å². The molecule has 0 aromatic heterocycles. The largest absolute Gasteiger partial charge is 0.350 e. The van der Waals surface area contributed by atoms with E-state index in [1.807, 2.05) is 30.3 Å². The number of hydrogen-bond donors (Lipinski definition) is 2. The zero-order valence-corrected chi connectivity index (χ0v) is 11.4. The van der Waals surface area contributed by atoms with Gasteiger partial charge in [0.05, 0.1) is 5.56 Å². The quantitative estimate of drug-likeness (QED) is 0.910. The lowest BCUT2D eigenvalue weighted by atomic mass is 10.1. The molecule has 1 amide bonds. The van der Waals surface area contributed by atoms with Gasteiger partial charge in [-0.15, -0.1) is 0 Å². The first-order chi connectivity index (χ1) is 9.58. The molecule has 2 aromatic rings. The minimum atomic E-state index is -0.611. The van der Waals surface area contributed by atoms with Gasteiger partial charge in [0.2, 0.25) is 0 Å². The van der Waals surface area contributed by atoms with Gasteiger partial charge in [-0.1, -0.05) is 41.9 Å². The Bertz CT molecular complexity index is 604. The lowest BCUT2D eigenvalue weighted by Gasteiger charge is -2.13. The number of rotatable bonds is 4. The Balaban J connectivity index is 2.00. The number of amides is 1. The summed E-state index contributed by atoms with van der Waals surface area (Å²) >= 11 is 5.75. The van der Waals surface area contributed by atoms with E-state index in [4.69, 9.17) is 17.3 Å². The summed E-state index contributed by atoms with van der Waals surface area (Å²) in [7, 11) is 0. The van der Waals surface area contributed by atoms with E-state index in [9.17, 15) is 9.18 Å². The number of nitrogens with one attached hydrogen (secondary N) is 1. The van der Waals surface area contributed by atoms with Crippen LogP contribution in [0.2, 0.25) is 5.02 Å². The summed E-state index contributed by atoms with van der Waals surface area (Å²) in [4.78, 5) is 11.9. The van der Waals surface area contributed by atoms with Crippen LogP contribution in [0.1, 0.15) is 22.0 Å². The Morgan fingerprint density at radius 3 is 2.65 bits per heavy atom. The van der Waals surface area contributed by atoms with Crippen LogP contribution in [0.4, 0.5) is 4.39 Å². The van der Waals surface area contributed by atoms with Crippen LogP contribution in [0, 0.1) is 5.82 Å². The third-order valence-electron chi connectivity index (χ3n) is 2.88. The molecule has 0 saturated carbocycles. The molecule has 0 aliphatic rings. The molecule has 0 fully saturated rings. The maximum Gasteiger partial charge on any atom is 0.254 e. The predicted octanol–water partition coefficient (Wildman–Crippen LogP) is 2.91. The molecule has 0 radical (unpaired) electrons. The fourth-order valence-electron chi connectivity index (χ4n) is 1.79. The first-order valence-corrected chi connectivity index (χ1v) is 6.49. The smallest absolute Gasteiger partial charge is 0.254 e. The predicted molar refractivity (Wildman–Crippen MR) is 77.1 cm³/mol. The van der Waals surface area contributed by atoms with Crippen LogP contribution >= 0.6 is 11.6 Å². The number of benzene rings is 2. The third kappa shape index (κ3) is 3.56. The second kappa shape index (κ2) is 6.50. The number of nitrogens with two attached hydrogens (primary N) is 1. The van der Waals surface area contributed by atoms with E-state index in [0.717, 1.165) is 11.6 Å². The van der Waals surface area contributed by atoms with Crippen molar-refractivity contribution in [3.63, 3.8) is 0 Å². The molecule has 0 heterocycles. The van der Waals surface area contributed by atoms with Crippen molar-refractivity contribution in [2.75, 3.05) is 6.54 Å². The van der Waals surface area contributed by atoms with Crippen LogP contribution < -0.4 is 11.1 Å². The molecule has 3 nitrogen and oxygen atoms in total. The standard InChI is InChI=1S/C15H14ClFN2O/c16-11-6-7-13(17)12(8-11)15(20)19-9-14(18)10-4-2-1-3-5-10/h1-8,14H,9,18H2,(H,19,20). The van der Waals surface area contributed by atoms with Crippen LogP contribution in [0.25, 0.3) is 0 Å². The topological polar surface area (TPSA) is 55.1 Å². The maximum atomic E-state index is 13.5. The first-order valence-electron chi connectivity index (χ1n) is 6.11. The van der Waals surface area contributed by atoms with E-state index in [2.05, 4.69) is 5.32 Å². The number of halogens is 2. The molecule has 0 saturated heterocycles. The van der Waals surface area contributed by atoms with E-state index >= 15 is 0 Å². The average molecular weight is 293 g/mol. The molecule has 1 unspecified atom stereocenters. The summed E-state index contributed by atoms with van der Waals surface area (Å²) in [6.45, 7) is 0.217. The molecule has 2 aromatic carbocycles. The third-order valence-corrected chi connectivity index (χ3v) is 3.12. The van der Waals surface area contributed by atoms with Gasteiger partial charge in [0.1, 0.15) is 5.82 Å². The van der Waals surface area contributed by atoms with Crippen molar-refractivity contribution in [1.29, 1.82) is 0 Å². The zero-order chi connectivity index (χ0) is 14.5. The highest BCUT2D eigenvalue weighted by molar-refractivity contribution is 6.30. The van der Waals surface area contributed by atoms with Crippen LogP contribution in [-0.2, 0) is 0 Å². The van der Waals surface area contributed by atoms with Crippen molar-refractivity contribution >= 4 is 17.5 Å². The Morgan fingerprint density at radius 1 is 1.25 bits per heavy atom.